The van der Waals surface area contributed by atoms with Gasteiger partial charge in [0.15, 0.2) is 0 Å². The van der Waals surface area contributed by atoms with Crippen molar-refractivity contribution in [2.45, 2.75) is 45.4 Å². The molecule has 0 unspecified atom stereocenters. The molecule has 1 aromatic heterocycles. The third-order valence-electron chi connectivity index (χ3n) is 3.92. The SMILES string of the molecule is CC1(C)OB(c2cc3n(n2)CCN3)OC1(C)C. The first-order valence-electron chi connectivity index (χ1n) is 6.06. The summed E-state index contributed by atoms with van der Waals surface area (Å²) in [6.07, 6.45) is 0. The number of hydrogen-bond acceptors (Lipinski definition) is 4. The highest BCUT2D eigenvalue weighted by Gasteiger charge is 2.52. The van der Waals surface area contributed by atoms with Crippen molar-refractivity contribution in [3.05, 3.63) is 6.07 Å². The highest BCUT2D eigenvalue weighted by Crippen LogP contribution is 2.36. The summed E-state index contributed by atoms with van der Waals surface area (Å²) in [6, 6.07) is 2.01. The Morgan fingerprint density at radius 2 is 1.94 bits per heavy atom. The summed E-state index contributed by atoms with van der Waals surface area (Å²) in [6.45, 7) is 10.1. The van der Waals surface area contributed by atoms with Crippen molar-refractivity contribution < 1.29 is 9.31 Å². The van der Waals surface area contributed by atoms with Gasteiger partial charge < -0.3 is 14.6 Å². The van der Waals surface area contributed by atoms with Crippen LogP contribution in [0.2, 0.25) is 0 Å². The molecule has 0 saturated carbocycles. The normalized spacial score (nSPS) is 24.8. The zero-order chi connectivity index (χ0) is 12.3. The van der Waals surface area contributed by atoms with E-state index in [1.54, 1.807) is 0 Å². The standard InChI is InChI=1S/C11H18BN3O2/c1-10(2)11(3,4)17-12(16-10)8-7-9-13-5-6-15(9)14-8/h7,13H,5-6H2,1-4H3. The molecule has 92 valence electrons. The van der Waals surface area contributed by atoms with E-state index in [2.05, 4.69) is 38.1 Å². The predicted molar refractivity (Wildman–Crippen MR) is 66.4 cm³/mol. The second-order valence-electron chi connectivity index (χ2n) is 5.69. The third kappa shape index (κ3) is 1.58. The molecule has 6 heteroatoms. The Kier molecular flexibility index (Phi) is 2.13. The van der Waals surface area contributed by atoms with Gasteiger partial charge in [-0.1, -0.05) is 0 Å². The molecule has 1 fully saturated rings. The van der Waals surface area contributed by atoms with Crippen LogP contribution in [0.4, 0.5) is 5.82 Å². The van der Waals surface area contributed by atoms with Gasteiger partial charge in [-0.2, -0.15) is 5.10 Å². The van der Waals surface area contributed by atoms with E-state index in [4.69, 9.17) is 9.31 Å². The lowest BCUT2D eigenvalue weighted by molar-refractivity contribution is 0.00578. The zero-order valence-electron chi connectivity index (χ0n) is 10.8. The van der Waals surface area contributed by atoms with Gasteiger partial charge in [0.1, 0.15) is 5.82 Å². The molecule has 5 nitrogen and oxygen atoms in total. The zero-order valence-corrected chi connectivity index (χ0v) is 10.8. The Balaban J connectivity index is 1.87. The number of nitrogens with zero attached hydrogens (tertiary/aromatic N) is 2. The van der Waals surface area contributed by atoms with Crippen LogP contribution < -0.4 is 10.9 Å². The van der Waals surface area contributed by atoms with E-state index in [1.807, 2.05) is 10.7 Å². The van der Waals surface area contributed by atoms with Crippen LogP contribution >= 0.6 is 0 Å². The topological polar surface area (TPSA) is 48.3 Å². The van der Waals surface area contributed by atoms with Crippen LogP contribution in [-0.4, -0.2) is 34.6 Å². The lowest BCUT2D eigenvalue weighted by Gasteiger charge is -2.32. The molecule has 1 N–H and O–H groups in total. The van der Waals surface area contributed by atoms with Crippen molar-refractivity contribution in [3.8, 4) is 0 Å². The maximum Gasteiger partial charge on any atom is 0.516 e. The molecule has 3 rings (SSSR count). The van der Waals surface area contributed by atoms with Crippen molar-refractivity contribution in [3.63, 3.8) is 0 Å². The van der Waals surface area contributed by atoms with Crippen molar-refractivity contribution in [2.75, 3.05) is 11.9 Å². The van der Waals surface area contributed by atoms with Crippen LogP contribution in [0.1, 0.15) is 27.7 Å². The summed E-state index contributed by atoms with van der Waals surface area (Å²) in [7, 11) is -0.361. The summed E-state index contributed by atoms with van der Waals surface area (Å²) in [4.78, 5) is 0. The average Bonchev–Trinajstić information content (AvgIpc) is 2.77. The van der Waals surface area contributed by atoms with E-state index in [0.29, 0.717) is 0 Å². The first-order valence-corrected chi connectivity index (χ1v) is 6.06. The Morgan fingerprint density at radius 3 is 2.53 bits per heavy atom. The van der Waals surface area contributed by atoms with Crippen LogP contribution in [-0.2, 0) is 15.9 Å². The van der Waals surface area contributed by atoms with Crippen LogP contribution in [0.25, 0.3) is 0 Å². The fourth-order valence-electron chi connectivity index (χ4n) is 2.12. The molecule has 0 atom stereocenters. The Labute approximate surface area is 102 Å². The molecule has 3 heterocycles. The van der Waals surface area contributed by atoms with Gasteiger partial charge in [0.25, 0.3) is 0 Å². The van der Waals surface area contributed by atoms with E-state index in [0.717, 1.165) is 24.5 Å². The van der Waals surface area contributed by atoms with Gasteiger partial charge in [0.2, 0.25) is 0 Å². The lowest BCUT2D eigenvalue weighted by atomic mass is 9.85. The van der Waals surface area contributed by atoms with Gasteiger partial charge in [0, 0.05) is 6.54 Å². The molecule has 0 bridgehead atoms. The molecule has 1 saturated heterocycles. The fourth-order valence-corrected chi connectivity index (χ4v) is 2.12. The van der Waals surface area contributed by atoms with Crippen LogP contribution in [0.3, 0.4) is 0 Å². The quantitative estimate of drug-likeness (QED) is 0.724. The number of anilines is 1. The minimum Gasteiger partial charge on any atom is -0.398 e. The minimum absolute atomic E-state index is 0.306. The number of aromatic nitrogens is 2. The van der Waals surface area contributed by atoms with Crippen molar-refractivity contribution in [1.29, 1.82) is 0 Å². The number of rotatable bonds is 1. The molecule has 0 radical (unpaired) electrons. The highest BCUT2D eigenvalue weighted by atomic mass is 16.7. The smallest absolute Gasteiger partial charge is 0.398 e. The van der Waals surface area contributed by atoms with Gasteiger partial charge in [-0.15, -0.1) is 0 Å². The summed E-state index contributed by atoms with van der Waals surface area (Å²) in [5, 5.41) is 7.78. The van der Waals surface area contributed by atoms with Crippen LogP contribution in [0.15, 0.2) is 6.07 Å². The first-order chi connectivity index (χ1) is 7.89. The fraction of sp³-hybridized carbons (Fsp3) is 0.727. The Morgan fingerprint density at radius 1 is 1.29 bits per heavy atom. The Hall–Kier alpha value is -1.01. The van der Waals surface area contributed by atoms with Crippen LogP contribution in [0, 0.1) is 0 Å². The van der Waals surface area contributed by atoms with E-state index in [-0.39, 0.29) is 18.3 Å². The molecule has 0 aliphatic carbocycles. The highest BCUT2D eigenvalue weighted by molar-refractivity contribution is 6.61. The molecule has 17 heavy (non-hydrogen) atoms. The monoisotopic (exact) mass is 235 g/mol. The molecule has 0 amide bonds. The molecule has 0 aromatic carbocycles. The summed E-state index contributed by atoms with van der Waals surface area (Å²) < 4.78 is 13.9. The maximum atomic E-state index is 5.96. The van der Waals surface area contributed by atoms with E-state index < -0.39 is 0 Å². The number of hydrogen-bond donors (Lipinski definition) is 1. The minimum atomic E-state index is -0.361. The summed E-state index contributed by atoms with van der Waals surface area (Å²) in [5.74, 6) is 1.05. The molecule has 1 aromatic rings. The van der Waals surface area contributed by atoms with Crippen molar-refractivity contribution >= 4 is 18.5 Å². The predicted octanol–water partition coefficient (Wildman–Crippen LogP) is 0.608. The van der Waals surface area contributed by atoms with Crippen LogP contribution in [0.5, 0.6) is 0 Å². The van der Waals surface area contributed by atoms with E-state index in [9.17, 15) is 0 Å². The molecular weight excluding hydrogens is 217 g/mol. The molecule has 0 spiro atoms. The first kappa shape index (κ1) is 11.1. The average molecular weight is 235 g/mol. The third-order valence-corrected chi connectivity index (χ3v) is 3.92. The van der Waals surface area contributed by atoms with Crippen molar-refractivity contribution in [2.24, 2.45) is 0 Å². The van der Waals surface area contributed by atoms with E-state index in [1.165, 1.54) is 0 Å². The van der Waals surface area contributed by atoms with Gasteiger partial charge in [-0.05, 0) is 33.8 Å². The second-order valence-corrected chi connectivity index (χ2v) is 5.69. The van der Waals surface area contributed by atoms with Gasteiger partial charge in [-0.3, -0.25) is 0 Å². The summed E-state index contributed by atoms with van der Waals surface area (Å²) >= 11 is 0. The van der Waals surface area contributed by atoms with Crippen molar-refractivity contribution in [1.82, 2.24) is 9.78 Å². The van der Waals surface area contributed by atoms with Gasteiger partial charge in [0.05, 0.1) is 23.3 Å². The molecule has 2 aliphatic rings. The molecular formula is C11H18BN3O2. The van der Waals surface area contributed by atoms with Gasteiger partial charge >= 0.3 is 7.12 Å². The Bertz CT molecular complexity index is 418. The maximum absolute atomic E-state index is 5.96. The summed E-state index contributed by atoms with van der Waals surface area (Å²) in [5.41, 5.74) is 0.240. The van der Waals surface area contributed by atoms with E-state index >= 15 is 0 Å². The second kappa shape index (κ2) is 3.26. The molecule has 2 aliphatic heterocycles. The lowest BCUT2D eigenvalue weighted by Crippen LogP contribution is -2.41. The number of fused-ring (bicyclic) bond motifs is 1. The van der Waals surface area contributed by atoms with Gasteiger partial charge in [-0.25, -0.2) is 4.68 Å². The largest absolute Gasteiger partial charge is 0.516 e. The number of nitrogens with one attached hydrogen (secondary N) is 1.